The van der Waals surface area contributed by atoms with Gasteiger partial charge < -0.3 is 10.2 Å². The van der Waals surface area contributed by atoms with Gasteiger partial charge in [0.15, 0.2) is 0 Å². The number of aryl methyl sites for hydroxylation is 2. The van der Waals surface area contributed by atoms with Gasteiger partial charge in [0.2, 0.25) is 0 Å². The van der Waals surface area contributed by atoms with E-state index in [1.165, 1.54) is 16.2 Å². The molecule has 2 amide bonds. The summed E-state index contributed by atoms with van der Waals surface area (Å²) in [6, 6.07) is 10.1. The maximum absolute atomic E-state index is 12.9. The Morgan fingerprint density at radius 1 is 1.21 bits per heavy atom. The molecule has 0 saturated carbocycles. The van der Waals surface area contributed by atoms with Crippen molar-refractivity contribution >= 4 is 34.7 Å². The number of hydrogen-bond donors (Lipinski definition) is 1. The molecule has 1 aromatic heterocycles. The maximum Gasteiger partial charge on any atom is 0.322 e. The van der Waals surface area contributed by atoms with Crippen LogP contribution in [0.4, 0.5) is 10.5 Å². The molecule has 1 N–H and O–H groups in total. The van der Waals surface area contributed by atoms with Gasteiger partial charge in [-0.2, -0.15) is 0 Å². The predicted octanol–water partition coefficient (Wildman–Crippen LogP) is 6.17. The van der Waals surface area contributed by atoms with Crippen molar-refractivity contribution in [3.05, 3.63) is 50.7 Å². The third-order valence-electron chi connectivity index (χ3n) is 4.47. The molecule has 1 aliphatic heterocycles. The van der Waals surface area contributed by atoms with E-state index in [9.17, 15) is 4.79 Å². The summed E-state index contributed by atoms with van der Waals surface area (Å²) < 4.78 is 0. The molecule has 1 saturated heterocycles. The number of nitrogens with one attached hydrogen (secondary N) is 1. The lowest BCUT2D eigenvalue weighted by atomic mass is 10.1. The molecule has 2 heterocycles. The van der Waals surface area contributed by atoms with E-state index >= 15 is 0 Å². The lowest BCUT2D eigenvalue weighted by Crippen LogP contribution is -2.37. The third kappa shape index (κ3) is 3.93. The van der Waals surface area contributed by atoms with Gasteiger partial charge in [0.1, 0.15) is 0 Å². The molecule has 1 atom stereocenters. The summed E-state index contributed by atoms with van der Waals surface area (Å²) in [6.45, 7) is 4.89. The van der Waals surface area contributed by atoms with Crippen LogP contribution in [0.1, 0.15) is 47.0 Å². The van der Waals surface area contributed by atoms with Gasteiger partial charge in [-0.25, -0.2) is 4.79 Å². The molecule has 24 heavy (non-hydrogen) atoms. The van der Waals surface area contributed by atoms with Crippen LogP contribution in [0, 0.1) is 13.8 Å². The first-order chi connectivity index (χ1) is 11.5. The summed E-state index contributed by atoms with van der Waals surface area (Å²) in [6.07, 6.45) is 4.41. The number of urea groups is 1. The van der Waals surface area contributed by atoms with Crippen LogP contribution in [-0.4, -0.2) is 17.5 Å². The zero-order valence-electron chi connectivity index (χ0n) is 14.1. The average Bonchev–Trinajstić information content (AvgIpc) is 2.83. The first kappa shape index (κ1) is 17.3. The Hall–Kier alpha value is -1.52. The van der Waals surface area contributed by atoms with E-state index in [0.29, 0.717) is 10.7 Å². The zero-order valence-corrected chi connectivity index (χ0v) is 15.7. The van der Waals surface area contributed by atoms with Crippen molar-refractivity contribution in [3.63, 3.8) is 0 Å². The van der Waals surface area contributed by atoms with Gasteiger partial charge in [0, 0.05) is 16.3 Å². The van der Waals surface area contributed by atoms with Gasteiger partial charge in [-0.3, -0.25) is 0 Å². The number of rotatable bonds is 2. The molecule has 2 aromatic rings. The van der Waals surface area contributed by atoms with Crippen molar-refractivity contribution in [1.29, 1.82) is 0 Å². The van der Waals surface area contributed by atoms with Crippen LogP contribution in [0.3, 0.4) is 0 Å². The Labute approximate surface area is 152 Å². The minimum atomic E-state index is -0.0568. The molecule has 0 unspecified atom stereocenters. The van der Waals surface area contributed by atoms with Gasteiger partial charge >= 0.3 is 6.03 Å². The topological polar surface area (TPSA) is 32.3 Å². The van der Waals surface area contributed by atoms with Crippen molar-refractivity contribution in [2.24, 2.45) is 0 Å². The Morgan fingerprint density at radius 2 is 2.04 bits per heavy atom. The standard InChI is InChI=1S/C19H23ClN2OS/c1-13-7-9-16(15(20)12-13)21-19(23)22-11-5-3-4-6-17(22)18-10-8-14(2)24-18/h7-10,12,17H,3-6,11H2,1-2H3,(H,21,23)/t17-/m0/s1. The predicted molar refractivity (Wildman–Crippen MR) is 102 cm³/mol. The molecule has 1 aliphatic rings. The fraction of sp³-hybridized carbons (Fsp3) is 0.421. The summed E-state index contributed by atoms with van der Waals surface area (Å²) in [7, 11) is 0. The van der Waals surface area contributed by atoms with Crippen molar-refractivity contribution in [2.75, 3.05) is 11.9 Å². The molecule has 1 fully saturated rings. The highest BCUT2D eigenvalue weighted by atomic mass is 35.5. The maximum atomic E-state index is 12.9. The molecular weight excluding hydrogens is 340 g/mol. The number of benzene rings is 1. The SMILES string of the molecule is Cc1ccc(NC(=O)N2CCCCC[C@H]2c2ccc(C)s2)c(Cl)c1. The zero-order chi connectivity index (χ0) is 17.1. The highest BCUT2D eigenvalue weighted by Crippen LogP contribution is 2.35. The average molecular weight is 363 g/mol. The van der Waals surface area contributed by atoms with E-state index in [1.807, 2.05) is 30.0 Å². The number of thiophene rings is 1. The monoisotopic (exact) mass is 362 g/mol. The number of hydrogen-bond acceptors (Lipinski definition) is 2. The number of halogens is 1. The first-order valence-electron chi connectivity index (χ1n) is 8.45. The Balaban J connectivity index is 1.81. The summed E-state index contributed by atoms with van der Waals surface area (Å²) in [4.78, 5) is 17.5. The van der Waals surface area contributed by atoms with Crippen molar-refractivity contribution < 1.29 is 4.79 Å². The van der Waals surface area contributed by atoms with Gasteiger partial charge in [-0.15, -0.1) is 11.3 Å². The normalized spacial score (nSPS) is 18.3. The van der Waals surface area contributed by atoms with E-state index in [2.05, 4.69) is 24.4 Å². The van der Waals surface area contributed by atoms with Crippen LogP contribution in [0.25, 0.3) is 0 Å². The minimum absolute atomic E-state index is 0.0568. The van der Waals surface area contributed by atoms with Gasteiger partial charge in [-0.05, 0) is 56.5 Å². The van der Waals surface area contributed by atoms with E-state index < -0.39 is 0 Å². The van der Waals surface area contributed by atoms with E-state index in [-0.39, 0.29) is 12.1 Å². The largest absolute Gasteiger partial charge is 0.322 e. The smallest absolute Gasteiger partial charge is 0.317 e. The lowest BCUT2D eigenvalue weighted by Gasteiger charge is -2.29. The molecule has 0 bridgehead atoms. The Bertz CT molecular complexity index is 728. The van der Waals surface area contributed by atoms with Crippen LogP contribution in [-0.2, 0) is 0 Å². The van der Waals surface area contributed by atoms with Crippen LogP contribution < -0.4 is 5.32 Å². The number of carbonyl (C=O) groups is 1. The number of anilines is 1. The molecule has 1 aromatic carbocycles. The molecule has 128 valence electrons. The minimum Gasteiger partial charge on any atom is -0.317 e. The second-order valence-corrected chi connectivity index (χ2v) is 8.15. The Kier molecular flexibility index (Phi) is 5.47. The van der Waals surface area contributed by atoms with Gasteiger partial charge in [-0.1, -0.05) is 30.5 Å². The van der Waals surface area contributed by atoms with E-state index in [0.717, 1.165) is 31.4 Å². The molecule has 0 spiro atoms. The number of nitrogens with zero attached hydrogens (tertiary/aromatic N) is 1. The van der Waals surface area contributed by atoms with Crippen molar-refractivity contribution in [3.8, 4) is 0 Å². The highest BCUT2D eigenvalue weighted by molar-refractivity contribution is 7.12. The van der Waals surface area contributed by atoms with Crippen LogP contribution in [0.15, 0.2) is 30.3 Å². The van der Waals surface area contributed by atoms with Crippen LogP contribution in [0.2, 0.25) is 5.02 Å². The molecule has 0 radical (unpaired) electrons. The number of carbonyl (C=O) groups excluding carboxylic acids is 1. The van der Waals surface area contributed by atoms with E-state index in [1.54, 1.807) is 11.3 Å². The Morgan fingerprint density at radius 3 is 2.75 bits per heavy atom. The fourth-order valence-electron chi connectivity index (χ4n) is 3.19. The second kappa shape index (κ2) is 7.58. The van der Waals surface area contributed by atoms with Gasteiger partial charge in [0.05, 0.1) is 16.8 Å². The third-order valence-corrected chi connectivity index (χ3v) is 5.88. The molecule has 0 aliphatic carbocycles. The second-order valence-electron chi connectivity index (χ2n) is 6.42. The highest BCUT2D eigenvalue weighted by Gasteiger charge is 2.28. The molecule has 5 heteroatoms. The summed E-state index contributed by atoms with van der Waals surface area (Å²) in [5.41, 5.74) is 1.76. The lowest BCUT2D eigenvalue weighted by molar-refractivity contribution is 0.190. The quantitative estimate of drug-likeness (QED) is 0.680. The molecule has 3 rings (SSSR count). The fourth-order valence-corrected chi connectivity index (χ4v) is 4.50. The van der Waals surface area contributed by atoms with E-state index in [4.69, 9.17) is 11.6 Å². The van der Waals surface area contributed by atoms with Gasteiger partial charge in [0.25, 0.3) is 0 Å². The van der Waals surface area contributed by atoms with Crippen molar-refractivity contribution in [2.45, 2.75) is 45.6 Å². The van der Waals surface area contributed by atoms with Crippen LogP contribution >= 0.6 is 22.9 Å². The number of amides is 2. The molecular formula is C19H23ClN2OS. The van der Waals surface area contributed by atoms with Crippen molar-refractivity contribution in [1.82, 2.24) is 4.90 Å². The van der Waals surface area contributed by atoms with Crippen LogP contribution in [0.5, 0.6) is 0 Å². The summed E-state index contributed by atoms with van der Waals surface area (Å²) in [5, 5.41) is 3.59. The molecule has 3 nitrogen and oxygen atoms in total. The summed E-state index contributed by atoms with van der Waals surface area (Å²) >= 11 is 8.06. The number of likely N-dealkylation sites (tertiary alicyclic amines) is 1. The summed E-state index contributed by atoms with van der Waals surface area (Å²) in [5.74, 6) is 0. The first-order valence-corrected chi connectivity index (χ1v) is 9.64.